The van der Waals surface area contributed by atoms with Gasteiger partial charge in [-0.2, -0.15) is 13.2 Å². The highest BCUT2D eigenvalue weighted by Gasteiger charge is 2.35. The fourth-order valence-corrected chi connectivity index (χ4v) is 5.90. The van der Waals surface area contributed by atoms with Crippen molar-refractivity contribution in [3.63, 3.8) is 0 Å². The number of sulfone groups is 1. The maximum atomic E-state index is 15.1. The number of imidazole rings is 1. The van der Waals surface area contributed by atoms with Crippen molar-refractivity contribution in [3.05, 3.63) is 89.3 Å². The molecule has 8 nitrogen and oxygen atoms in total. The summed E-state index contributed by atoms with van der Waals surface area (Å²) >= 11 is 0. The minimum Gasteiger partial charge on any atom is -0.485 e. The van der Waals surface area contributed by atoms with Gasteiger partial charge in [0, 0.05) is 36.1 Å². The van der Waals surface area contributed by atoms with Crippen LogP contribution in [0.5, 0.6) is 5.75 Å². The third-order valence-corrected chi connectivity index (χ3v) is 8.19. The lowest BCUT2D eigenvalue weighted by molar-refractivity contribution is -0.141. The molecule has 0 amide bonds. The molecule has 1 N–H and O–H groups in total. The summed E-state index contributed by atoms with van der Waals surface area (Å²) in [6.45, 7) is 0.837. The molecule has 0 saturated heterocycles. The molecule has 0 spiro atoms. The average Bonchev–Trinajstić information content (AvgIpc) is 3.57. The third kappa shape index (κ3) is 6.88. The summed E-state index contributed by atoms with van der Waals surface area (Å²) in [7, 11) is -4.02. The maximum absolute atomic E-state index is 15.1. The summed E-state index contributed by atoms with van der Waals surface area (Å²) < 4.78 is 133. The highest BCUT2D eigenvalue weighted by atomic mass is 32.2. The van der Waals surface area contributed by atoms with Crippen molar-refractivity contribution in [2.24, 2.45) is 0 Å². The first-order valence-electron chi connectivity index (χ1n) is 13.6. The Morgan fingerprint density at radius 2 is 1.64 bits per heavy atom. The topological polar surface area (TPSA) is 107 Å². The Hall–Kier alpha value is -4.70. The fraction of sp³-hybridized carbons (Fsp3) is 0.226. The molecule has 0 fully saturated rings. The van der Waals surface area contributed by atoms with Gasteiger partial charge in [-0.3, -0.25) is 0 Å². The molecule has 16 heteroatoms. The van der Waals surface area contributed by atoms with Gasteiger partial charge in [0.15, 0.2) is 38.7 Å². The standard InChI is InChI=1S/C31H24F7N3O5S/c1-15-39-27(31(36,37)38)12-41(15)24-6-4-17(19-10-22(32)21(13-42)26(11-19)47(3,43)44)8-20(24)29-30(46-16(2)40-29)18-5-7-25(23(33)9-18)45-14-28(34)35/h4-12,28,42H,13-14H2,1-3H3. The number of aliphatic hydroxyl groups excluding tert-OH is 1. The van der Waals surface area contributed by atoms with E-state index in [1.807, 2.05) is 0 Å². The van der Waals surface area contributed by atoms with E-state index in [0.717, 1.165) is 41.3 Å². The van der Waals surface area contributed by atoms with Gasteiger partial charge in [-0.15, -0.1) is 0 Å². The lowest BCUT2D eigenvalue weighted by Gasteiger charge is -2.15. The van der Waals surface area contributed by atoms with E-state index in [4.69, 9.17) is 9.15 Å². The number of aliphatic hydroxyl groups is 1. The molecule has 0 saturated carbocycles. The fourth-order valence-electron chi connectivity index (χ4n) is 4.95. The number of oxazole rings is 1. The molecule has 2 aromatic heterocycles. The molecule has 0 bridgehead atoms. The van der Waals surface area contributed by atoms with Gasteiger partial charge in [0.05, 0.1) is 17.2 Å². The zero-order valence-electron chi connectivity index (χ0n) is 24.7. The van der Waals surface area contributed by atoms with Gasteiger partial charge in [-0.05, 0) is 60.5 Å². The van der Waals surface area contributed by atoms with Gasteiger partial charge in [-0.1, -0.05) is 6.07 Å². The van der Waals surface area contributed by atoms with Crippen molar-refractivity contribution >= 4 is 9.84 Å². The van der Waals surface area contributed by atoms with E-state index >= 15 is 4.39 Å². The highest BCUT2D eigenvalue weighted by molar-refractivity contribution is 7.90. The Bertz CT molecular complexity index is 2090. The monoisotopic (exact) mass is 683 g/mol. The molecule has 3 aromatic carbocycles. The van der Waals surface area contributed by atoms with Gasteiger partial charge in [-0.25, -0.2) is 35.9 Å². The van der Waals surface area contributed by atoms with Crippen LogP contribution in [0.1, 0.15) is 23.0 Å². The smallest absolute Gasteiger partial charge is 0.434 e. The Labute approximate surface area is 263 Å². The second-order valence-electron chi connectivity index (χ2n) is 10.4. The Morgan fingerprint density at radius 1 is 0.957 bits per heavy atom. The van der Waals surface area contributed by atoms with Crippen LogP contribution in [-0.2, 0) is 22.6 Å². The first-order valence-corrected chi connectivity index (χ1v) is 15.5. The van der Waals surface area contributed by atoms with E-state index in [-0.39, 0.29) is 51.1 Å². The number of alkyl halides is 5. The third-order valence-electron chi connectivity index (χ3n) is 7.02. The number of aromatic nitrogens is 3. The zero-order chi connectivity index (χ0) is 34.4. The summed E-state index contributed by atoms with van der Waals surface area (Å²) in [4.78, 5) is 7.55. The first kappa shape index (κ1) is 33.7. The summed E-state index contributed by atoms with van der Waals surface area (Å²) in [5, 5.41) is 9.62. The molecule has 5 aromatic rings. The molecular weight excluding hydrogens is 659 g/mol. The number of aryl methyl sites for hydroxylation is 2. The van der Waals surface area contributed by atoms with Crippen molar-refractivity contribution in [3.8, 4) is 45.1 Å². The largest absolute Gasteiger partial charge is 0.485 e. The molecule has 47 heavy (non-hydrogen) atoms. The van der Waals surface area contributed by atoms with Gasteiger partial charge in [0.1, 0.15) is 23.9 Å². The van der Waals surface area contributed by atoms with Crippen molar-refractivity contribution < 1.29 is 53.4 Å². The van der Waals surface area contributed by atoms with Gasteiger partial charge < -0.3 is 18.8 Å². The predicted octanol–water partition coefficient (Wildman–Crippen LogP) is 7.31. The minimum atomic E-state index is -4.79. The van der Waals surface area contributed by atoms with Crippen LogP contribution in [0.15, 0.2) is 64.0 Å². The number of rotatable bonds is 9. The van der Waals surface area contributed by atoms with Crippen LogP contribution >= 0.6 is 0 Å². The SMILES string of the molecule is Cc1nc(-c2cc(-c3cc(F)c(CO)c(S(C)(=O)=O)c3)ccc2-n2cc(C(F)(F)F)nc2C)c(-c2ccc(OCC(F)F)c(F)c2)o1. The second-order valence-corrected chi connectivity index (χ2v) is 12.4. The van der Waals surface area contributed by atoms with Crippen LogP contribution < -0.4 is 4.74 Å². The van der Waals surface area contributed by atoms with Crippen LogP contribution in [0, 0.1) is 25.5 Å². The summed E-state index contributed by atoms with van der Waals surface area (Å²) in [6, 6.07) is 9.68. The number of halogens is 7. The zero-order valence-corrected chi connectivity index (χ0v) is 25.5. The molecule has 0 aliphatic heterocycles. The molecular formula is C31H24F7N3O5S. The van der Waals surface area contributed by atoms with E-state index < -0.39 is 69.2 Å². The summed E-state index contributed by atoms with van der Waals surface area (Å²) in [5.41, 5.74) is -1.15. The van der Waals surface area contributed by atoms with Crippen LogP contribution in [0.3, 0.4) is 0 Å². The molecule has 0 aliphatic rings. The predicted molar refractivity (Wildman–Crippen MR) is 155 cm³/mol. The average molecular weight is 684 g/mol. The maximum Gasteiger partial charge on any atom is 0.434 e. The second kappa shape index (κ2) is 12.5. The Balaban J connectivity index is 1.76. The van der Waals surface area contributed by atoms with E-state index in [9.17, 15) is 39.9 Å². The number of hydrogen-bond acceptors (Lipinski definition) is 7. The molecule has 0 radical (unpaired) electrons. The number of nitrogens with zero attached hydrogens (tertiary/aromatic N) is 3. The lowest BCUT2D eigenvalue weighted by atomic mass is 9.97. The van der Waals surface area contributed by atoms with Gasteiger partial charge in [0.25, 0.3) is 6.43 Å². The van der Waals surface area contributed by atoms with Crippen molar-refractivity contribution in [2.75, 3.05) is 12.9 Å². The van der Waals surface area contributed by atoms with Crippen LogP contribution in [0.25, 0.3) is 39.4 Å². The van der Waals surface area contributed by atoms with E-state index in [1.165, 1.54) is 38.1 Å². The van der Waals surface area contributed by atoms with Gasteiger partial charge in [0.2, 0.25) is 0 Å². The highest BCUT2D eigenvalue weighted by Crippen LogP contribution is 2.41. The van der Waals surface area contributed by atoms with E-state index in [0.29, 0.717) is 0 Å². The van der Waals surface area contributed by atoms with Crippen LogP contribution in [0.4, 0.5) is 30.7 Å². The molecule has 0 unspecified atom stereocenters. The number of ether oxygens (including phenoxy) is 1. The lowest BCUT2D eigenvalue weighted by Crippen LogP contribution is -2.08. The quantitative estimate of drug-likeness (QED) is 0.162. The summed E-state index contributed by atoms with van der Waals surface area (Å²) in [6.07, 6.45) is -6.04. The van der Waals surface area contributed by atoms with Crippen molar-refractivity contribution in [1.82, 2.24) is 14.5 Å². The molecule has 0 atom stereocenters. The van der Waals surface area contributed by atoms with Crippen molar-refractivity contribution in [1.29, 1.82) is 0 Å². The molecule has 0 aliphatic carbocycles. The molecule has 248 valence electrons. The summed E-state index contributed by atoms with van der Waals surface area (Å²) in [5.74, 6) is -2.56. The number of hydrogen-bond donors (Lipinski definition) is 1. The van der Waals surface area contributed by atoms with Gasteiger partial charge >= 0.3 is 6.18 Å². The molecule has 2 heterocycles. The Morgan fingerprint density at radius 3 is 2.23 bits per heavy atom. The normalized spacial score (nSPS) is 12.3. The van der Waals surface area contributed by atoms with Crippen molar-refractivity contribution in [2.45, 2.75) is 38.0 Å². The van der Waals surface area contributed by atoms with E-state index in [2.05, 4.69) is 9.97 Å². The van der Waals surface area contributed by atoms with Crippen LogP contribution in [0.2, 0.25) is 0 Å². The first-order chi connectivity index (χ1) is 22.0. The Kier molecular flexibility index (Phi) is 8.94. The molecule has 5 rings (SSSR count). The number of benzene rings is 3. The van der Waals surface area contributed by atoms with E-state index in [1.54, 1.807) is 0 Å². The minimum absolute atomic E-state index is 0.00237. The van der Waals surface area contributed by atoms with Crippen LogP contribution in [-0.4, -0.2) is 47.3 Å².